The molecule has 3 heteroatoms. The third-order valence-electron chi connectivity index (χ3n) is 5.26. The number of Topliss-reactive ketones (excluding diaryl/α,β-unsaturated/α-hetero) is 1. The van der Waals surface area contributed by atoms with E-state index in [9.17, 15) is 4.79 Å². The summed E-state index contributed by atoms with van der Waals surface area (Å²) in [5, 5.41) is 0. The van der Waals surface area contributed by atoms with Gasteiger partial charge >= 0.3 is 0 Å². The Balaban J connectivity index is 2.12. The summed E-state index contributed by atoms with van der Waals surface area (Å²) in [6, 6.07) is 0. The largest absolute Gasteiger partial charge is 0.356 e. The van der Waals surface area contributed by atoms with E-state index in [0.717, 1.165) is 25.7 Å². The lowest BCUT2D eigenvalue weighted by Gasteiger charge is -2.38. The van der Waals surface area contributed by atoms with Crippen molar-refractivity contribution in [3.63, 3.8) is 0 Å². The highest BCUT2D eigenvalue weighted by molar-refractivity contribution is 5.82. The third kappa shape index (κ3) is 2.35. The first-order valence-electron chi connectivity index (χ1n) is 7.18. The zero-order valence-electron chi connectivity index (χ0n) is 12.0. The van der Waals surface area contributed by atoms with Gasteiger partial charge in [-0.2, -0.15) is 0 Å². The van der Waals surface area contributed by atoms with E-state index >= 15 is 0 Å². The quantitative estimate of drug-likeness (QED) is 0.724. The fraction of sp³-hybridized carbons (Fsp3) is 0.933. The van der Waals surface area contributed by atoms with Crippen LogP contribution in [0.15, 0.2) is 0 Å². The molecule has 0 aliphatic heterocycles. The molecule has 0 radical (unpaired) electrons. The Kier molecular flexibility index (Phi) is 4.44. The Morgan fingerprint density at radius 2 is 1.83 bits per heavy atom. The van der Waals surface area contributed by atoms with Gasteiger partial charge < -0.3 is 9.47 Å². The smallest absolute Gasteiger partial charge is 0.159 e. The van der Waals surface area contributed by atoms with Crippen LogP contribution < -0.4 is 0 Å². The van der Waals surface area contributed by atoms with Gasteiger partial charge in [-0.05, 0) is 37.0 Å². The van der Waals surface area contributed by atoms with Crippen molar-refractivity contribution in [2.75, 3.05) is 14.2 Å². The lowest BCUT2D eigenvalue weighted by Crippen LogP contribution is -2.38. The van der Waals surface area contributed by atoms with E-state index < -0.39 is 0 Å². The number of hydrogen-bond acceptors (Lipinski definition) is 3. The van der Waals surface area contributed by atoms with Gasteiger partial charge in [0, 0.05) is 32.5 Å². The number of hydrogen-bond donors (Lipinski definition) is 0. The van der Waals surface area contributed by atoms with Crippen LogP contribution in [0, 0.1) is 29.6 Å². The molecule has 0 spiro atoms. The van der Waals surface area contributed by atoms with Gasteiger partial charge in [0.1, 0.15) is 5.78 Å². The molecular weight excluding hydrogens is 228 g/mol. The molecular formula is C15H26O3. The molecule has 2 aliphatic rings. The summed E-state index contributed by atoms with van der Waals surface area (Å²) in [5.74, 6) is 2.96. The van der Waals surface area contributed by atoms with Crippen molar-refractivity contribution in [2.24, 2.45) is 29.6 Å². The van der Waals surface area contributed by atoms with Gasteiger partial charge in [-0.1, -0.05) is 13.8 Å². The van der Waals surface area contributed by atoms with Crippen LogP contribution in [0.5, 0.6) is 0 Å². The molecule has 1 unspecified atom stereocenters. The number of ether oxygens (including phenoxy) is 2. The predicted molar refractivity (Wildman–Crippen MR) is 70.1 cm³/mol. The third-order valence-corrected chi connectivity index (χ3v) is 5.26. The van der Waals surface area contributed by atoms with Crippen LogP contribution in [0.25, 0.3) is 0 Å². The minimum absolute atomic E-state index is 0.141. The second-order valence-corrected chi connectivity index (χ2v) is 6.11. The van der Waals surface area contributed by atoms with Crippen molar-refractivity contribution >= 4 is 5.78 Å². The number of methoxy groups -OCH3 is 2. The summed E-state index contributed by atoms with van der Waals surface area (Å²) < 4.78 is 10.8. The first-order chi connectivity index (χ1) is 8.60. The van der Waals surface area contributed by atoms with Gasteiger partial charge in [-0.15, -0.1) is 0 Å². The van der Waals surface area contributed by atoms with Crippen molar-refractivity contribution in [1.82, 2.24) is 0 Å². The molecule has 0 aromatic heterocycles. The molecule has 104 valence electrons. The van der Waals surface area contributed by atoms with Crippen molar-refractivity contribution in [2.45, 2.75) is 45.8 Å². The summed E-state index contributed by atoms with van der Waals surface area (Å²) in [4.78, 5) is 12.0. The van der Waals surface area contributed by atoms with Crippen LogP contribution in [0.1, 0.15) is 39.5 Å². The molecule has 2 fully saturated rings. The first kappa shape index (κ1) is 14.0. The van der Waals surface area contributed by atoms with E-state index in [4.69, 9.17) is 9.47 Å². The van der Waals surface area contributed by atoms with Crippen molar-refractivity contribution in [3.05, 3.63) is 0 Å². The average Bonchev–Trinajstić information content (AvgIpc) is 2.81. The van der Waals surface area contributed by atoms with E-state index in [1.807, 2.05) is 0 Å². The molecule has 2 aliphatic carbocycles. The maximum Gasteiger partial charge on any atom is 0.159 e. The molecule has 5 atom stereocenters. The van der Waals surface area contributed by atoms with Gasteiger partial charge in [-0.3, -0.25) is 4.79 Å². The zero-order valence-corrected chi connectivity index (χ0v) is 12.0. The van der Waals surface area contributed by atoms with Crippen molar-refractivity contribution < 1.29 is 14.3 Å². The van der Waals surface area contributed by atoms with Crippen LogP contribution in [0.4, 0.5) is 0 Å². The van der Waals surface area contributed by atoms with Crippen LogP contribution in [-0.2, 0) is 14.3 Å². The number of ketones is 1. The summed E-state index contributed by atoms with van der Waals surface area (Å²) in [7, 11) is 3.40. The van der Waals surface area contributed by atoms with Gasteiger partial charge in [0.2, 0.25) is 0 Å². The lowest BCUT2D eigenvalue weighted by molar-refractivity contribution is -0.152. The standard InChI is InChI=1S/C15H26O3/c1-9-5-8-13(16)12-7-6-11(14(9)12)10(2)15(17-3)18-4/h9-12,14-15H,5-8H2,1-4H3/t9?,10-,11-,12-,14+/m0/s1. The first-order valence-corrected chi connectivity index (χ1v) is 7.18. The fourth-order valence-corrected chi connectivity index (χ4v) is 4.34. The fourth-order valence-electron chi connectivity index (χ4n) is 4.34. The van der Waals surface area contributed by atoms with E-state index in [2.05, 4.69) is 13.8 Å². The van der Waals surface area contributed by atoms with Gasteiger partial charge in [-0.25, -0.2) is 0 Å². The maximum atomic E-state index is 12.0. The molecule has 0 bridgehead atoms. The molecule has 0 aromatic rings. The summed E-state index contributed by atoms with van der Waals surface area (Å²) in [6.07, 6.45) is 3.94. The monoisotopic (exact) mass is 254 g/mol. The molecule has 18 heavy (non-hydrogen) atoms. The van der Waals surface area contributed by atoms with Crippen LogP contribution in [0.2, 0.25) is 0 Å². The highest BCUT2D eigenvalue weighted by atomic mass is 16.7. The van der Waals surface area contributed by atoms with E-state index in [1.54, 1.807) is 14.2 Å². The second-order valence-electron chi connectivity index (χ2n) is 6.11. The average molecular weight is 254 g/mol. The Bertz CT molecular complexity index is 298. The summed E-state index contributed by atoms with van der Waals surface area (Å²) in [6.45, 7) is 4.51. The highest BCUT2D eigenvalue weighted by Gasteiger charge is 2.48. The maximum absolute atomic E-state index is 12.0. The molecule has 2 rings (SSSR count). The molecule has 0 aromatic carbocycles. The Hall–Kier alpha value is -0.410. The summed E-state index contributed by atoms with van der Waals surface area (Å²) >= 11 is 0. The Morgan fingerprint density at radius 3 is 2.44 bits per heavy atom. The van der Waals surface area contributed by atoms with Crippen molar-refractivity contribution in [3.8, 4) is 0 Å². The van der Waals surface area contributed by atoms with Crippen LogP contribution >= 0.6 is 0 Å². The van der Waals surface area contributed by atoms with Crippen LogP contribution in [-0.4, -0.2) is 26.3 Å². The number of carbonyl (C=O) groups is 1. The van der Waals surface area contributed by atoms with Crippen LogP contribution in [0.3, 0.4) is 0 Å². The van der Waals surface area contributed by atoms with Gasteiger partial charge in [0.05, 0.1) is 0 Å². The molecule has 0 heterocycles. The minimum atomic E-state index is -0.141. The van der Waals surface area contributed by atoms with E-state index in [1.165, 1.54) is 0 Å². The highest BCUT2D eigenvalue weighted by Crippen LogP contribution is 2.50. The minimum Gasteiger partial charge on any atom is -0.356 e. The SMILES string of the molecule is COC(OC)[C@@H](C)[C@@H]1CC[C@H]2C(=O)CCC(C)[C@H]12. The van der Waals surface area contributed by atoms with Gasteiger partial charge in [0.25, 0.3) is 0 Å². The second kappa shape index (κ2) is 5.70. The Morgan fingerprint density at radius 1 is 1.17 bits per heavy atom. The molecule has 0 saturated heterocycles. The van der Waals surface area contributed by atoms with Gasteiger partial charge in [0.15, 0.2) is 6.29 Å². The van der Waals surface area contributed by atoms with E-state index in [0.29, 0.717) is 35.4 Å². The normalized spacial score (nSPS) is 37.9. The number of fused-ring (bicyclic) bond motifs is 1. The zero-order chi connectivity index (χ0) is 13.3. The number of rotatable bonds is 4. The summed E-state index contributed by atoms with van der Waals surface area (Å²) in [5.41, 5.74) is 0. The molecule has 2 saturated carbocycles. The topological polar surface area (TPSA) is 35.5 Å². The van der Waals surface area contributed by atoms with Crippen molar-refractivity contribution in [1.29, 1.82) is 0 Å². The number of carbonyl (C=O) groups excluding carboxylic acids is 1. The van der Waals surface area contributed by atoms with E-state index in [-0.39, 0.29) is 6.29 Å². The molecule has 0 N–H and O–H groups in total. The molecule has 3 nitrogen and oxygen atoms in total. The molecule has 0 amide bonds. The lowest BCUT2D eigenvalue weighted by atomic mass is 9.68. The predicted octanol–water partition coefficient (Wildman–Crippen LogP) is 2.88. The Labute approximate surface area is 110 Å².